The van der Waals surface area contributed by atoms with E-state index in [0.29, 0.717) is 0 Å². The normalized spacial score (nSPS) is 21.0. The van der Waals surface area contributed by atoms with Crippen molar-refractivity contribution in [3.05, 3.63) is 0 Å². The molecule has 1 N–H and O–H groups in total. The molecule has 1 rings (SSSR count). The van der Waals surface area contributed by atoms with E-state index in [0.717, 1.165) is 25.7 Å². The van der Waals surface area contributed by atoms with Gasteiger partial charge in [-0.05, 0) is 18.8 Å². The van der Waals surface area contributed by atoms with Gasteiger partial charge in [-0.3, -0.25) is 4.79 Å². The molecular formula is C12H20N2O. The average molecular weight is 208 g/mol. The third-order valence-corrected chi connectivity index (χ3v) is 3.35. The fraction of sp³-hybridized carbons (Fsp3) is 0.833. The van der Waals surface area contributed by atoms with Crippen LogP contribution in [-0.4, -0.2) is 11.9 Å². The molecule has 1 unspecified atom stereocenters. The van der Waals surface area contributed by atoms with Crippen LogP contribution in [0.25, 0.3) is 0 Å². The van der Waals surface area contributed by atoms with Crippen molar-refractivity contribution in [2.75, 3.05) is 0 Å². The monoisotopic (exact) mass is 208 g/mol. The van der Waals surface area contributed by atoms with Gasteiger partial charge in [0, 0.05) is 5.41 Å². The predicted molar refractivity (Wildman–Crippen MR) is 59.0 cm³/mol. The highest BCUT2D eigenvalue weighted by molar-refractivity contribution is 5.83. The molecule has 0 saturated heterocycles. The summed E-state index contributed by atoms with van der Waals surface area (Å²) >= 11 is 0. The van der Waals surface area contributed by atoms with Crippen molar-refractivity contribution in [3.63, 3.8) is 0 Å². The minimum atomic E-state index is -0.352. The lowest BCUT2D eigenvalue weighted by molar-refractivity contribution is -0.130. The topological polar surface area (TPSA) is 52.9 Å². The Hall–Kier alpha value is -1.04. The summed E-state index contributed by atoms with van der Waals surface area (Å²) in [7, 11) is 0. The maximum Gasteiger partial charge on any atom is 0.226 e. The van der Waals surface area contributed by atoms with Crippen molar-refractivity contribution >= 4 is 5.91 Å². The van der Waals surface area contributed by atoms with E-state index in [1.165, 1.54) is 0 Å². The van der Waals surface area contributed by atoms with Crippen LogP contribution in [0.5, 0.6) is 0 Å². The molecule has 0 spiro atoms. The van der Waals surface area contributed by atoms with E-state index in [4.69, 9.17) is 5.26 Å². The molecule has 0 radical (unpaired) electrons. The SMILES string of the molecule is CC(C)C(C#N)NC(=O)C1(C)CCCC1. The van der Waals surface area contributed by atoms with Crippen molar-refractivity contribution in [3.8, 4) is 6.07 Å². The lowest BCUT2D eigenvalue weighted by atomic mass is 9.87. The summed E-state index contributed by atoms with van der Waals surface area (Å²) in [5, 5.41) is 11.8. The zero-order valence-electron chi connectivity index (χ0n) is 9.84. The maximum atomic E-state index is 12.0. The number of amides is 1. The Bertz CT molecular complexity index is 272. The van der Waals surface area contributed by atoms with Gasteiger partial charge in [-0.25, -0.2) is 0 Å². The molecular weight excluding hydrogens is 188 g/mol. The zero-order valence-corrected chi connectivity index (χ0v) is 9.84. The first-order valence-electron chi connectivity index (χ1n) is 5.70. The summed E-state index contributed by atoms with van der Waals surface area (Å²) in [5.41, 5.74) is -0.232. The Morgan fingerprint density at radius 3 is 2.33 bits per heavy atom. The Morgan fingerprint density at radius 2 is 1.93 bits per heavy atom. The first kappa shape index (κ1) is 12.0. The fourth-order valence-electron chi connectivity index (χ4n) is 2.05. The Kier molecular flexibility index (Phi) is 3.73. The van der Waals surface area contributed by atoms with Crippen molar-refractivity contribution in [1.82, 2.24) is 5.32 Å². The summed E-state index contributed by atoms with van der Waals surface area (Å²) in [6, 6.07) is 1.79. The largest absolute Gasteiger partial charge is 0.340 e. The molecule has 0 bridgehead atoms. The number of nitrogens with zero attached hydrogens (tertiary/aromatic N) is 1. The average Bonchev–Trinajstić information content (AvgIpc) is 2.61. The Labute approximate surface area is 91.9 Å². The van der Waals surface area contributed by atoms with Gasteiger partial charge in [0.05, 0.1) is 6.07 Å². The number of hydrogen-bond donors (Lipinski definition) is 1. The van der Waals surface area contributed by atoms with E-state index in [-0.39, 0.29) is 23.3 Å². The second kappa shape index (κ2) is 4.65. The van der Waals surface area contributed by atoms with Gasteiger partial charge in [0.25, 0.3) is 0 Å². The number of nitrogens with one attached hydrogen (secondary N) is 1. The molecule has 1 aliphatic rings. The van der Waals surface area contributed by atoms with Crippen LogP contribution in [0.1, 0.15) is 46.5 Å². The van der Waals surface area contributed by atoms with Crippen LogP contribution < -0.4 is 5.32 Å². The summed E-state index contributed by atoms with van der Waals surface area (Å²) in [4.78, 5) is 12.0. The molecule has 1 saturated carbocycles. The molecule has 1 atom stereocenters. The number of hydrogen-bond acceptors (Lipinski definition) is 2. The quantitative estimate of drug-likeness (QED) is 0.773. The highest BCUT2D eigenvalue weighted by Crippen LogP contribution is 2.37. The van der Waals surface area contributed by atoms with Gasteiger partial charge in [0.1, 0.15) is 6.04 Å². The molecule has 0 heterocycles. The zero-order chi connectivity index (χ0) is 11.5. The molecule has 1 amide bonds. The van der Waals surface area contributed by atoms with Gasteiger partial charge in [0.2, 0.25) is 5.91 Å². The summed E-state index contributed by atoms with van der Waals surface area (Å²) in [6.07, 6.45) is 4.16. The van der Waals surface area contributed by atoms with Crippen molar-refractivity contribution in [1.29, 1.82) is 5.26 Å². The molecule has 0 aromatic carbocycles. The number of carbonyl (C=O) groups excluding carboxylic acids is 1. The van der Waals surface area contributed by atoms with Gasteiger partial charge in [0.15, 0.2) is 0 Å². The second-order valence-corrected chi connectivity index (χ2v) is 5.09. The van der Waals surface area contributed by atoms with Crippen LogP contribution >= 0.6 is 0 Å². The molecule has 0 aliphatic heterocycles. The molecule has 1 fully saturated rings. The van der Waals surface area contributed by atoms with Crippen molar-refractivity contribution in [2.24, 2.45) is 11.3 Å². The van der Waals surface area contributed by atoms with Crippen LogP contribution in [0.4, 0.5) is 0 Å². The second-order valence-electron chi connectivity index (χ2n) is 5.09. The Balaban J connectivity index is 2.58. The van der Waals surface area contributed by atoms with Gasteiger partial charge in [-0.1, -0.05) is 33.6 Å². The van der Waals surface area contributed by atoms with E-state index in [9.17, 15) is 4.79 Å². The summed E-state index contributed by atoms with van der Waals surface area (Å²) < 4.78 is 0. The molecule has 0 aromatic heterocycles. The number of rotatable bonds is 3. The minimum Gasteiger partial charge on any atom is -0.340 e. The first-order valence-corrected chi connectivity index (χ1v) is 5.70. The van der Waals surface area contributed by atoms with Crippen LogP contribution in [0.2, 0.25) is 0 Å². The van der Waals surface area contributed by atoms with E-state index >= 15 is 0 Å². The van der Waals surface area contributed by atoms with E-state index in [1.54, 1.807) is 0 Å². The fourth-order valence-corrected chi connectivity index (χ4v) is 2.05. The maximum absolute atomic E-state index is 12.0. The molecule has 1 aliphatic carbocycles. The van der Waals surface area contributed by atoms with Crippen LogP contribution in [-0.2, 0) is 4.79 Å². The van der Waals surface area contributed by atoms with E-state index < -0.39 is 0 Å². The molecule has 15 heavy (non-hydrogen) atoms. The lowest BCUT2D eigenvalue weighted by Crippen LogP contribution is -2.44. The summed E-state index contributed by atoms with van der Waals surface area (Å²) in [5.74, 6) is 0.226. The van der Waals surface area contributed by atoms with E-state index in [1.807, 2.05) is 20.8 Å². The number of nitriles is 1. The van der Waals surface area contributed by atoms with Crippen LogP contribution in [0.15, 0.2) is 0 Å². The number of carbonyl (C=O) groups is 1. The smallest absolute Gasteiger partial charge is 0.226 e. The molecule has 3 heteroatoms. The van der Waals surface area contributed by atoms with Crippen molar-refractivity contribution < 1.29 is 4.79 Å². The molecule has 3 nitrogen and oxygen atoms in total. The molecule has 0 aromatic rings. The first-order chi connectivity index (χ1) is 6.99. The van der Waals surface area contributed by atoms with Gasteiger partial charge < -0.3 is 5.32 Å². The van der Waals surface area contributed by atoms with Gasteiger partial charge in [-0.2, -0.15) is 5.26 Å². The van der Waals surface area contributed by atoms with Crippen LogP contribution in [0, 0.1) is 22.7 Å². The highest BCUT2D eigenvalue weighted by Gasteiger charge is 2.37. The van der Waals surface area contributed by atoms with Gasteiger partial charge in [-0.15, -0.1) is 0 Å². The van der Waals surface area contributed by atoms with Gasteiger partial charge >= 0.3 is 0 Å². The molecule has 84 valence electrons. The van der Waals surface area contributed by atoms with E-state index in [2.05, 4.69) is 11.4 Å². The Morgan fingerprint density at radius 1 is 1.40 bits per heavy atom. The highest BCUT2D eigenvalue weighted by atomic mass is 16.2. The third-order valence-electron chi connectivity index (χ3n) is 3.35. The predicted octanol–water partition coefficient (Wildman–Crippen LogP) is 2.23. The minimum absolute atomic E-state index is 0.0558. The van der Waals surface area contributed by atoms with Crippen LogP contribution in [0.3, 0.4) is 0 Å². The lowest BCUT2D eigenvalue weighted by Gasteiger charge is -2.25. The summed E-state index contributed by atoms with van der Waals surface area (Å²) in [6.45, 7) is 5.90. The van der Waals surface area contributed by atoms with Crippen molar-refractivity contribution in [2.45, 2.75) is 52.5 Å². The third kappa shape index (κ3) is 2.71. The standard InChI is InChI=1S/C12H20N2O/c1-9(2)10(8-13)14-11(15)12(3)6-4-5-7-12/h9-10H,4-7H2,1-3H3,(H,14,15).